The average molecular weight is 384 g/mol. The first kappa shape index (κ1) is 23.7. The first-order valence-electron chi connectivity index (χ1n) is 10.8. The Hall–Kier alpha value is -0.353. The predicted octanol–water partition coefficient (Wildman–Crippen LogP) is 6.39. The SMILES string of the molecule is CC(C)(C)C(=O)N(CCCCCCO[Si](C)(C)C(C)(C)C)C1CCCC1. The van der Waals surface area contributed by atoms with E-state index in [2.05, 4.69) is 59.5 Å². The predicted molar refractivity (Wildman–Crippen MR) is 115 cm³/mol. The molecule has 0 spiro atoms. The Labute approximate surface area is 164 Å². The van der Waals surface area contributed by atoms with Crippen LogP contribution in [0.15, 0.2) is 0 Å². The van der Waals surface area contributed by atoms with Crippen LogP contribution in [-0.2, 0) is 9.22 Å². The summed E-state index contributed by atoms with van der Waals surface area (Å²) in [5.41, 5.74) is -0.264. The quantitative estimate of drug-likeness (QED) is 0.341. The lowest BCUT2D eigenvalue weighted by Gasteiger charge is -2.36. The van der Waals surface area contributed by atoms with Crippen LogP contribution in [-0.4, -0.2) is 38.3 Å². The van der Waals surface area contributed by atoms with E-state index < -0.39 is 8.32 Å². The van der Waals surface area contributed by atoms with Gasteiger partial charge in [-0.3, -0.25) is 4.79 Å². The summed E-state index contributed by atoms with van der Waals surface area (Å²) in [6.45, 7) is 19.5. The Morgan fingerprint density at radius 2 is 1.50 bits per heavy atom. The molecule has 3 nitrogen and oxygen atoms in total. The van der Waals surface area contributed by atoms with Crippen LogP contribution in [0.3, 0.4) is 0 Å². The van der Waals surface area contributed by atoms with Crippen molar-refractivity contribution in [2.45, 2.75) is 117 Å². The maximum Gasteiger partial charge on any atom is 0.228 e. The van der Waals surface area contributed by atoms with Crippen molar-refractivity contribution in [3.05, 3.63) is 0 Å². The van der Waals surface area contributed by atoms with E-state index in [9.17, 15) is 4.79 Å². The molecule has 0 aliphatic heterocycles. The van der Waals surface area contributed by atoms with Crippen LogP contribution < -0.4 is 0 Å². The number of carbonyl (C=O) groups is 1. The maximum atomic E-state index is 12.8. The van der Waals surface area contributed by atoms with Gasteiger partial charge in [0.25, 0.3) is 0 Å². The van der Waals surface area contributed by atoms with E-state index in [-0.39, 0.29) is 5.41 Å². The molecule has 1 aliphatic carbocycles. The Morgan fingerprint density at radius 3 is 2.00 bits per heavy atom. The van der Waals surface area contributed by atoms with Crippen LogP contribution in [0.1, 0.15) is 92.9 Å². The van der Waals surface area contributed by atoms with Crippen molar-refractivity contribution < 1.29 is 9.22 Å². The average Bonchev–Trinajstić information content (AvgIpc) is 3.01. The van der Waals surface area contributed by atoms with Gasteiger partial charge in [-0.2, -0.15) is 0 Å². The van der Waals surface area contributed by atoms with Crippen molar-refractivity contribution in [3.63, 3.8) is 0 Å². The van der Waals surface area contributed by atoms with Gasteiger partial charge in [-0.05, 0) is 43.8 Å². The second-order valence-corrected chi connectivity index (χ2v) is 15.5. The Bertz CT molecular complexity index is 428. The van der Waals surface area contributed by atoms with Crippen LogP contribution in [0.5, 0.6) is 0 Å². The van der Waals surface area contributed by atoms with Crippen LogP contribution in [0, 0.1) is 5.41 Å². The third-order valence-corrected chi connectivity index (χ3v) is 10.8. The molecule has 0 heterocycles. The summed E-state index contributed by atoms with van der Waals surface area (Å²) in [6.07, 6.45) is 9.62. The largest absolute Gasteiger partial charge is 0.417 e. The maximum absolute atomic E-state index is 12.8. The number of unbranched alkanes of at least 4 members (excludes halogenated alkanes) is 3. The van der Waals surface area contributed by atoms with Gasteiger partial charge in [0.2, 0.25) is 5.91 Å². The summed E-state index contributed by atoms with van der Waals surface area (Å²) in [4.78, 5) is 15.0. The van der Waals surface area contributed by atoms with Gasteiger partial charge in [0.05, 0.1) is 0 Å². The van der Waals surface area contributed by atoms with Crippen LogP contribution in [0.4, 0.5) is 0 Å². The Kier molecular flexibility index (Phi) is 8.86. The van der Waals surface area contributed by atoms with Crippen molar-refractivity contribution in [1.82, 2.24) is 4.90 Å². The molecule has 1 saturated carbocycles. The van der Waals surface area contributed by atoms with Gasteiger partial charge in [0.15, 0.2) is 8.32 Å². The highest BCUT2D eigenvalue weighted by Crippen LogP contribution is 2.36. The number of amides is 1. The van der Waals surface area contributed by atoms with E-state index in [1.807, 2.05) is 0 Å². The Balaban J connectivity index is 2.32. The van der Waals surface area contributed by atoms with Gasteiger partial charge in [0.1, 0.15) is 0 Å². The zero-order valence-corrected chi connectivity index (χ0v) is 19.9. The molecule has 0 radical (unpaired) electrons. The first-order chi connectivity index (χ1) is 11.9. The summed E-state index contributed by atoms with van der Waals surface area (Å²) in [6, 6.07) is 0.489. The number of hydrogen-bond donors (Lipinski definition) is 0. The monoisotopic (exact) mass is 383 g/mol. The molecule has 4 heteroatoms. The van der Waals surface area contributed by atoms with Gasteiger partial charge in [0, 0.05) is 24.6 Å². The minimum atomic E-state index is -1.60. The summed E-state index contributed by atoms with van der Waals surface area (Å²) < 4.78 is 6.26. The molecule has 0 N–H and O–H groups in total. The molecule has 26 heavy (non-hydrogen) atoms. The van der Waals surface area contributed by atoms with Crippen molar-refractivity contribution in [1.29, 1.82) is 0 Å². The topological polar surface area (TPSA) is 29.5 Å². The highest BCUT2D eigenvalue weighted by molar-refractivity contribution is 6.74. The molecule has 0 aromatic carbocycles. The summed E-state index contributed by atoms with van der Waals surface area (Å²) >= 11 is 0. The highest BCUT2D eigenvalue weighted by Gasteiger charge is 2.37. The Morgan fingerprint density at radius 1 is 0.962 bits per heavy atom. The summed E-state index contributed by atoms with van der Waals surface area (Å²) in [7, 11) is -1.60. The lowest BCUT2D eigenvalue weighted by molar-refractivity contribution is -0.142. The molecule has 0 unspecified atom stereocenters. The van der Waals surface area contributed by atoms with Crippen LogP contribution >= 0.6 is 0 Å². The van der Waals surface area contributed by atoms with E-state index in [0.717, 1.165) is 26.0 Å². The van der Waals surface area contributed by atoms with E-state index in [1.165, 1.54) is 38.5 Å². The summed E-state index contributed by atoms with van der Waals surface area (Å²) in [5, 5.41) is 0.294. The second-order valence-electron chi connectivity index (χ2n) is 10.7. The van der Waals surface area contributed by atoms with Gasteiger partial charge in [-0.25, -0.2) is 0 Å². The molecular weight excluding hydrogens is 338 g/mol. The molecule has 1 rings (SSSR count). The van der Waals surface area contributed by atoms with Gasteiger partial charge < -0.3 is 9.33 Å². The number of rotatable bonds is 9. The third-order valence-electron chi connectivity index (χ3n) is 6.23. The minimum Gasteiger partial charge on any atom is -0.417 e. The smallest absolute Gasteiger partial charge is 0.228 e. The number of nitrogens with zero attached hydrogens (tertiary/aromatic N) is 1. The normalized spacial score (nSPS) is 16.9. The van der Waals surface area contributed by atoms with E-state index in [4.69, 9.17) is 4.43 Å². The van der Waals surface area contributed by atoms with Gasteiger partial charge in [-0.1, -0.05) is 67.2 Å². The van der Waals surface area contributed by atoms with E-state index in [0.29, 0.717) is 17.0 Å². The van der Waals surface area contributed by atoms with Gasteiger partial charge in [-0.15, -0.1) is 0 Å². The van der Waals surface area contributed by atoms with E-state index in [1.54, 1.807) is 0 Å². The molecule has 1 aliphatic rings. The lowest BCUT2D eigenvalue weighted by Crippen LogP contribution is -2.45. The molecule has 1 fully saturated rings. The van der Waals surface area contributed by atoms with Crippen LogP contribution in [0.25, 0.3) is 0 Å². The minimum absolute atomic E-state index is 0.264. The molecule has 0 aromatic rings. The molecule has 0 bridgehead atoms. The van der Waals surface area contributed by atoms with E-state index >= 15 is 0 Å². The number of hydrogen-bond acceptors (Lipinski definition) is 2. The molecular formula is C22H45NO2Si. The van der Waals surface area contributed by atoms with Crippen LogP contribution in [0.2, 0.25) is 18.1 Å². The fraction of sp³-hybridized carbons (Fsp3) is 0.955. The van der Waals surface area contributed by atoms with Crippen molar-refractivity contribution in [2.24, 2.45) is 5.41 Å². The third kappa shape index (κ3) is 7.34. The first-order valence-corrected chi connectivity index (χ1v) is 13.7. The fourth-order valence-corrected chi connectivity index (χ4v) is 4.47. The van der Waals surface area contributed by atoms with Crippen molar-refractivity contribution >= 4 is 14.2 Å². The molecule has 0 atom stereocenters. The van der Waals surface area contributed by atoms with Crippen molar-refractivity contribution in [3.8, 4) is 0 Å². The standard InChI is InChI=1S/C22H45NO2Si/c1-21(2,3)20(24)23(19-15-11-12-16-19)17-13-9-10-14-18-25-26(7,8)22(4,5)6/h19H,9-18H2,1-8H3. The number of carbonyl (C=O) groups excluding carboxylic acids is 1. The molecule has 1 amide bonds. The molecule has 0 saturated heterocycles. The lowest BCUT2D eigenvalue weighted by atomic mass is 9.93. The molecule has 0 aromatic heterocycles. The summed E-state index contributed by atoms with van der Waals surface area (Å²) in [5.74, 6) is 0.339. The zero-order valence-electron chi connectivity index (χ0n) is 18.9. The highest BCUT2D eigenvalue weighted by atomic mass is 28.4. The van der Waals surface area contributed by atoms with Crippen molar-refractivity contribution in [2.75, 3.05) is 13.2 Å². The molecule has 154 valence electrons. The second kappa shape index (κ2) is 9.72. The van der Waals surface area contributed by atoms with Gasteiger partial charge >= 0.3 is 0 Å². The zero-order chi connectivity index (χ0) is 20.0. The fourth-order valence-electron chi connectivity index (χ4n) is 3.38.